The van der Waals surface area contributed by atoms with Gasteiger partial charge in [0.2, 0.25) is 5.91 Å². The molecule has 16 heavy (non-hydrogen) atoms. The molecule has 0 bridgehead atoms. The Morgan fingerprint density at radius 1 is 1.62 bits per heavy atom. The van der Waals surface area contributed by atoms with Crippen molar-refractivity contribution in [1.82, 2.24) is 10.2 Å². The molecule has 0 radical (unpaired) electrons. The minimum Gasteiger partial charge on any atom is -0.368 e. The van der Waals surface area contributed by atoms with Crippen molar-refractivity contribution >= 4 is 5.91 Å². The van der Waals surface area contributed by atoms with Gasteiger partial charge in [-0.25, -0.2) is 0 Å². The molecule has 0 aromatic rings. The standard InChI is InChI=1S/C12H24N2O2/c1-4-10(2)14(3)8-7-13-12(15)11-6-5-9-16-11/h10-11H,4-9H2,1-3H3,(H,13,15)/t10-,11+/m0/s1. The van der Waals surface area contributed by atoms with Crippen LogP contribution in [0.5, 0.6) is 0 Å². The molecule has 0 aromatic heterocycles. The van der Waals surface area contributed by atoms with E-state index in [0.29, 0.717) is 12.6 Å². The van der Waals surface area contributed by atoms with Gasteiger partial charge in [0.1, 0.15) is 6.10 Å². The number of likely N-dealkylation sites (N-methyl/N-ethyl adjacent to an activating group) is 1. The second-order valence-electron chi connectivity index (χ2n) is 4.53. The van der Waals surface area contributed by atoms with Crippen molar-refractivity contribution < 1.29 is 9.53 Å². The summed E-state index contributed by atoms with van der Waals surface area (Å²) in [6.07, 6.45) is 2.81. The van der Waals surface area contributed by atoms with Crippen LogP contribution in [0, 0.1) is 0 Å². The third kappa shape index (κ3) is 4.10. The molecule has 2 atom stereocenters. The highest BCUT2D eigenvalue weighted by Gasteiger charge is 2.22. The zero-order valence-corrected chi connectivity index (χ0v) is 10.7. The molecule has 0 spiro atoms. The van der Waals surface area contributed by atoms with E-state index in [0.717, 1.165) is 32.4 Å². The van der Waals surface area contributed by atoms with E-state index in [-0.39, 0.29) is 12.0 Å². The summed E-state index contributed by atoms with van der Waals surface area (Å²) in [4.78, 5) is 13.9. The maximum atomic E-state index is 11.6. The molecule has 0 aliphatic carbocycles. The molecule has 94 valence electrons. The number of carbonyl (C=O) groups excluding carboxylic acids is 1. The van der Waals surface area contributed by atoms with Crippen LogP contribution >= 0.6 is 0 Å². The lowest BCUT2D eigenvalue weighted by Crippen LogP contribution is -2.40. The second kappa shape index (κ2) is 6.86. The van der Waals surface area contributed by atoms with Crippen molar-refractivity contribution in [2.24, 2.45) is 0 Å². The zero-order chi connectivity index (χ0) is 12.0. The van der Waals surface area contributed by atoms with E-state index < -0.39 is 0 Å². The largest absolute Gasteiger partial charge is 0.368 e. The van der Waals surface area contributed by atoms with E-state index in [1.807, 2.05) is 0 Å². The summed E-state index contributed by atoms with van der Waals surface area (Å²) in [7, 11) is 2.09. The van der Waals surface area contributed by atoms with E-state index in [9.17, 15) is 4.79 Å². The Morgan fingerprint density at radius 2 is 2.38 bits per heavy atom. The topological polar surface area (TPSA) is 41.6 Å². The first-order chi connectivity index (χ1) is 7.65. The van der Waals surface area contributed by atoms with Gasteiger partial charge in [0, 0.05) is 25.7 Å². The summed E-state index contributed by atoms with van der Waals surface area (Å²) in [6.45, 7) is 6.70. The molecule has 0 aromatic carbocycles. The van der Waals surface area contributed by atoms with Gasteiger partial charge in [-0.05, 0) is 33.2 Å². The molecule has 1 aliphatic heterocycles. The Labute approximate surface area is 98.3 Å². The highest BCUT2D eigenvalue weighted by Crippen LogP contribution is 2.11. The second-order valence-corrected chi connectivity index (χ2v) is 4.53. The monoisotopic (exact) mass is 228 g/mol. The van der Waals surface area contributed by atoms with Crippen molar-refractivity contribution in [1.29, 1.82) is 0 Å². The first-order valence-corrected chi connectivity index (χ1v) is 6.24. The minimum absolute atomic E-state index is 0.0510. The lowest BCUT2D eigenvalue weighted by molar-refractivity contribution is -0.130. The normalized spacial score (nSPS) is 22.4. The predicted octanol–water partition coefficient (Wildman–Crippen LogP) is 1.01. The van der Waals surface area contributed by atoms with Crippen molar-refractivity contribution in [3.63, 3.8) is 0 Å². The van der Waals surface area contributed by atoms with Crippen LogP contribution < -0.4 is 5.32 Å². The Morgan fingerprint density at radius 3 is 2.94 bits per heavy atom. The van der Waals surface area contributed by atoms with Gasteiger partial charge in [0.25, 0.3) is 0 Å². The summed E-state index contributed by atoms with van der Waals surface area (Å²) in [5.74, 6) is 0.0510. The molecular weight excluding hydrogens is 204 g/mol. The Bertz CT molecular complexity index is 215. The fourth-order valence-electron chi connectivity index (χ4n) is 1.79. The summed E-state index contributed by atoms with van der Waals surface area (Å²) >= 11 is 0. The third-order valence-corrected chi connectivity index (χ3v) is 3.33. The van der Waals surface area contributed by atoms with Crippen molar-refractivity contribution in [2.75, 3.05) is 26.7 Å². The maximum absolute atomic E-state index is 11.6. The first-order valence-electron chi connectivity index (χ1n) is 6.24. The number of hydrogen-bond acceptors (Lipinski definition) is 3. The molecule has 0 unspecified atom stereocenters. The molecule has 1 fully saturated rings. The van der Waals surface area contributed by atoms with Crippen LogP contribution in [0.25, 0.3) is 0 Å². The van der Waals surface area contributed by atoms with E-state index in [1.54, 1.807) is 0 Å². The van der Waals surface area contributed by atoms with Crippen molar-refractivity contribution in [3.05, 3.63) is 0 Å². The van der Waals surface area contributed by atoms with Gasteiger partial charge < -0.3 is 15.0 Å². The summed E-state index contributed by atoms with van der Waals surface area (Å²) in [6, 6.07) is 0.569. The van der Waals surface area contributed by atoms with E-state index in [1.165, 1.54) is 0 Å². The van der Waals surface area contributed by atoms with Crippen LogP contribution in [-0.2, 0) is 9.53 Å². The van der Waals surface area contributed by atoms with Gasteiger partial charge in [0.05, 0.1) is 0 Å². The third-order valence-electron chi connectivity index (χ3n) is 3.33. The molecule has 4 nitrogen and oxygen atoms in total. The van der Waals surface area contributed by atoms with Gasteiger partial charge in [-0.15, -0.1) is 0 Å². The molecule has 4 heteroatoms. The average Bonchev–Trinajstić information content (AvgIpc) is 2.81. The number of nitrogens with zero attached hydrogens (tertiary/aromatic N) is 1. The van der Waals surface area contributed by atoms with E-state index in [4.69, 9.17) is 4.74 Å². The van der Waals surface area contributed by atoms with Gasteiger partial charge in [0.15, 0.2) is 0 Å². The summed E-state index contributed by atoms with van der Waals surface area (Å²) in [5.41, 5.74) is 0. The molecule has 0 saturated carbocycles. The van der Waals surface area contributed by atoms with Crippen LogP contribution in [-0.4, -0.2) is 49.7 Å². The summed E-state index contributed by atoms with van der Waals surface area (Å²) in [5, 5.41) is 2.93. The molecule has 1 N–H and O–H groups in total. The molecule has 1 amide bonds. The number of ether oxygens (including phenoxy) is 1. The Kier molecular flexibility index (Phi) is 5.77. The molecule has 1 aliphatic rings. The predicted molar refractivity (Wildman–Crippen MR) is 64.4 cm³/mol. The fourth-order valence-corrected chi connectivity index (χ4v) is 1.79. The maximum Gasteiger partial charge on any atom is 0.249 e. The van der Waals surface area contributed by atoms with Crippen LogP contribution in [0.4, 0.5) is 0 Å². The quantitative estimate of drug-likeness (QED) is 0.738. The number of hydrogen-bond donors (Lipinski definition) is 1. The smallest absolute Gasteiger partial charge is 0.249 e. The molecule has 1 heterocycles. The minimum atomic E-state index is -0.200. The SMILES string of the molecule is CC[C@H](C)N(C)CCNC(=O)[C@H]1CCCO1. The molecular formula is C12H24N2O2. The zero-order valence-electron chi connectivity index (χ0n) is 10.7. The molecule has 1 saturated heterocycles. The Hall–Kier alpha value is -0.610. The van der Waals surface area contributed by atoms with Gasteiger partial charge in [-0.3, -0.25) is 4.79 Å². The van der Waals surface area contributed by atoms with E-state index in [2.05, 4.69) is 31.1 Å². The van der Waals surface area contributed by atoms with Gasteiger partial charge >= 0.3 is 0 Å². The number of nitrogens with one attached hydrogen (secondary N) is 1. The average molecular weight is 228 g/mol. The Balaban J connectivity index is 2.12. The lowest BCUT2D eigenvalue weighted by atomic mass is 10.2. The highest BCUT2D eigenvalue weighted by atomic mass is 16.5. The summed E-state index contributed by atoms with van der Waals surface area (Å²) < 4.78 is 5.32. The van der Waals surface area contributed by atoms with Gasteiger partial charge in [-0.2, -0.15) is 0 Å². The lowest BCUT2D eigenvalue weighted by Gasteiger charge is -2.23. The number of rotatable bonds is 6. The number of carbonyl (C=O) groups is 1. The van der Waals surface area contributed by atoms with Crippen LogP contribution in [0.15, 0.2) is 0 Å². The van der Waals surface area contributed by atoms with E-state index >= 15 is 0 Å². The van der Waals surface area contributed by atoms with Crippen LogP contribution in [0.1, 0.15) is 33.1 Å². The highest BCUT2D eigenvalue weighted by molar-refractivity contribution is 5.80. The van der Waals surface area contributed by atoms with Crippen LogP contribution in [0.2, 0.25) is 0 Å². The first kappa shape index (κ1) is 13.5. The molecule has 1 rings (SSSR count). The fraction of sp³-hybridized carbons (Fsp3) is 0.917. The van der Waals surface area contributed by atoms with Crippen LogP contribution in [0.3, 0.4) is 0 Å². The van der Waals surface area contributed by atoms with Crippen molar-refractivity contribution in [2.45, 2.75) is 45.3 Å². The number of amides is 1. The van der Waals surface area contributed by atoms with Crippen molar-refractivity contribution in [3.8, 4) is 0 Å². The van der Waals surface area contributed by atoms with Gasteiger partial charge in [-0.1, -0.05) is 6.92 Å².